The molecule has 5 N–H and O–H groups in total. The van der Waals surface area contributed by atoms with Gasteiger partial charge in [-0.15, -0.1) is 0 Å². The van der Waals surface area contributed by atoms with Gasteiger partial charge in [0.15, 0.2) is 0 Å². The summed E-state index contributed by atoms with van der Waals surface area (Å²) >= 11 is 0. The van der Waals surface area contributed by atoms with Crippen LogP contribution in [-0.4, -0.2) is 19.0 Å². The first-order chi connectivity index (χ1) is 12.6. The van der Waals surface area contributed by atoms with Gasteiger partial charge < -0.3 is 20.9 Å². The first-order valence-corrected chi connectivity index (χ1v) is 8.81. The minimum Gasteiger partial charge on any atom is -0.494 e. The van der Waals surface area contributed by atoms with Crippen LogP contribution in [0.2, 0.25) is 0 Å². The molecule has 0 saturated carbocycles. The predicted octanol–water partition coefficient (Wildman–Crippen LogP) is 3.92. The van der Waals surface area contributed by atoms with Crippen molar-refractivity contribution < 1.29 is 9.47 Å². The van der Waals surface area contributed by atoms with Gasteiger partial charge in [-0.1, -0.05) is 6.58 Å². The maximum atomic E-state index is 7.35. The largest absolute Gasteiger partial charge is 0.494 e. The zero-order chi connectivity index (χ0) is 18.8. The van der Waals surface area contributed by atoms with Crippen molar-refractivity contribution in [1.82, 2.24) is 0 Å². The lowest BCUT2D eigenvalue weighted by Crippen LogP contribution is -2.10. The molecule has 0 radical (unpaired) electrons. The highest BCUT2D eigenvalue weighted by molar-refractivity contribution is 5.94. The van der Waals surface area contributed by atoms with E-state index in [0.29, 0.717) is 24.5 Å². The molecule has 0 unspecified atom stereocenters. The van der Waals surface area contributed by atoms with Gasteiger partial charge in [0.05, 0.1) is 13.2 Å². The molecular weight excluding hydrogens is 326 g/mol. The van der Waals surface area contributed by atoms with Crippen LogP contribution < -0.4 is 20.9 Å². The molecule has 0 atom stereocenters. The van der Waals surface area contributed by atoms with E-state index in [-0.39, 0.29) is 5.84 Å². The molecule has 2 aromatic carbocycles. The molecular formula is C21H27N3O2. The van der Waals surface area contributed by atoms with Crippen molar-refractivity contribution in [2.24, 2.45) is 11.5 Å². The quantitative estimate of drug-likeness (QED) is 0.324. The molecule has 0 aliphatic rings. The lowest BCUT2D eigenvalue weighted by molar-refractivity contribution is 0.287. The van der Waals surface area contributed by atoms with Crippen LogP contribution in [0, 0.1) is 5.41 Å². The van der Waals surface area contributed by atoms with Crippen LogP contribution in [0.1, 0.15) is 36.8 Å². The fraction of sp³-hybridized carbons (Fsp3) is 0.286. The van der Waals surface area contributed by atoms with Gasteiger partial charge in [-0.2, -0.15) is 0 Å². The van der Waals surface area contributed by atoms with E-state index in [1.807, 2.05) is 36.4 Å². The molecule has 138 valence electrons. The van der Waals surface area contributed by atoms with Gasteiger partial charge in [0, 0.05) is 11.3 Å². The van der Waals surface area contributed by atoms with E-state index in [1.54, 1.807) is 12.1 Å². The number of benzene rings is 2. The average molecular weight is 353 g/mol. The topological polar surface area (TPSA) is 94.4 Å². The van der Waals surface area contributed by atoms with Crippen molar-refractivity contribution in [2.75, 3.05) is 13.2 Å². The SMILES string of the molecule is C=C(N)c1ccc(OCCCCCCOc2ccc(C(=N)N)cc2)cc1. The minimum absolute atomic E-state index is 0.0690. The average Bonchev–Trinajstić information content (AvgIpc) is 2.64. The van der Waals surface area contributed by atoms with Crippen LogP contribution in [0.15, 0.2) is 55.1 Å². The number of ether oxygens (including phenoxy) is 2. The Balaban J connectivity index is 1.52. The van der Waals surface area contributed by atoms with Gasteiger partial charge >= 0.3 is 0 Å². The number of nitrogens with two attached hydrogens (primary N) is 2. The Hall–Kier alpha value is -2.95. The maximum absolute atomic E-state index is 7.35. The first kappa shape index (κ1) is 19.4. The second-order valence-corrected chi connectivity index (χ2v) is 6.10. The number of amidine groups is 1. The van der Waals surface area contributed by atoms with E-state index in [1.165, 1.54) is 0 Å². The Kier molecular flexibility index (Phi) is 7.55. The highest BCUT2D eigenvalue weighted by Crippen LogP contribution is 2.16. The Morgan fingerprint density at radius 3 is 1.54 bits per heavy atom. The molecule has 0 heterocycles. The summed E-state index contributed by atoms with van der Waals surface area (Å²) in [5, 5.41) is 7.35. The highest BCUT2D eigenvalue weighted by Gasteiger charge is 1.99. The summed E-state index contributed by atoms with van der Waals surface area (Å²) in [4.78, 5) is 0. The molecule has 26 heavy (non-hydrogen) atoms. The van der Waals surface area contributed by atoms with Crippen molar-refractivity contribution in [3.8, 4) is 11.5 Å². The summed E-state index contributed by atoms with van der Waals surface area (Å²) in [5.74, 6) is 1.73. The molecule has 0 spiro atoms. The Morgan fingerprint density at radius 1 is 0.731 bits per heavy atom. The van der Waals surface area contributed by atoms with Crippen molar-refractivity contribution in [3.05, 3.63) is 66.2 Å². The molecule has 5 nitrogen and oxygen atoms in total. The summed E-state index contributed by atoms with van der Waals surface area (Å²) in [6.45, 7) is 5.10. The third-order valence-electron chi connectivity index (χ3n) is 3.97. The van der Waals surface area contributed by atoms with Crippen LogP contribution in [-0.2, 0) is 0 Å². The van der Waals surface area contributed by atoms with E-state index in [4.69, 9.17) is 26.4 Å². The van der Waals surface area contributed by atoms with Gasteiger partial charge in [-0.25, -0.2) is 0 Å². The zero-order valence-corrected chi connectivity index (χ0v) is 15.0. The normalized spacial score (nSPS) is 10.3. The van der Waals surface area contributed by atoms with Gasteiger partial charge in [0.25, 0.3) is 0 Å². The van der Waals surface area contributed by atoms with Crippen molar-refractivity contribution in [2.45, 2.75) is 25.7 Å². The number of nitrogens with one attached hydrogen (secondary N) is 1. The van der Waals surface area contributed by atoms with Gasteiger partial charge in [0.1, 0.15) is 17.3 Å². The predicted molar refractivity (Wildman–Crippen MR) is 107 cm³/mol. The smallest absolute Gasteiger partial charge is 0.122 e. The standard InChI is InChI=1S/C21H27N3O2/c1-16(22)17-6-10-19(11-7-17)25-14-4-2-3-5-15-26-20-12-8-18(9-13-20)21(23)24/h6-13H,1-5,14-15,22H2,(H3,23,24). The molecule has 2 rings (SSSR count). The summed E-state index contributed by atoms with van der Waals surface area (Å²) in [7, 11) is 0. The van der Waals surface area contributed by atoms with Crippen LogP contribution in [0.4, 0.5) is 0 Å². The minimum atomic E-state index is 0.0690. The molecule has 0 amide bonds. The molecule has 0 aromatic heterocycles. The number of unbranched alkanes of at least 4 members (excludes halogenated alkanes) is 3. The Bertz CT molecular complexity index is 646. The lowest BCUT2D eigenvalue weighted by Gasteiger charge is -2.08. The Labute approximate surface area is 155 Å². The summed E-state index contributed by atoms with van der Waals surface area (Å²) < 4.78 is 11.4. The maximum Gasteiger partial charge on any atom is 0.122 e. The van der Waals surface area contributed by atoms with E-state index in [2.05, 4.69) is 6.58 Å². The van der Waals surface area contributed by atoms with Crippen molar-refractivity contribution >= 4 is 11.5 Å². The molecule has 0 saturated heterocycles. The second-order valence-electron chi connectivity index (χ2n) is 6.10. The third-order valence-corrected chi connectivity index (χ3v) is 3.97. The van der Waals surface area contributed by atoms with Gasteiger partial charge in [-0.05, 0) is 79.8 Å². The number of nitrogen functional groups attached to an aromatic ring is 1. The van der Waals surface area contributed by atoms with E-state index in [0.717, 1.165) is 42.7 Å². The molecule has 0 bridgehead atoms. The van der Waals surface area contributed by atoms with Crippen molar-refractivity contribution in [1.29, 1.82) is 5.41 Å². The zero-order valence-electron chi connectivity index (χ0n) is 15.0. The van der Waals surface area contributed by atoms with Crippen LogP contribution in [0.3, 0.4) is 0 Å². The van der Waals surface area contributed by atoms with Crippen LogP contribution in [0.25, 0.3) is 5.70 Å². The summed E-state index contributed by atoms with van der Waals surface area (Å²) in [5.41, 5.74) is 13.3. The van der Waals surface area contributed by atoms with Crippen LogP contribution >= 0.6 is 0 Å². The fourth-order valence-electron chi connectivity index (χ4n) is 2.43. The highest BCUT2D eigenvalue weighted by atomic mass is 16.5. The molecule has 2 aromatic rings. The first-order valence-electron chi connectivity index (χ1n) is 8.81. The third kappa shape index (κ3) is 6.51. The molecule has 0 aliphatic heterocycles. The molecule has 0 aliphatic carbocycles. The van der Waals surface area contributed by atoms with E-state index in [9.17, 15) is 0 Å². The summed E-state index contributed by atoms with van der Waals surface area (Å²) in [6.07, 6.45) is 4.21. The second kappa shape index (κ2) is 10.1. The van der Waals surface area contributed by atoms with E-state index >= 15 is 0 Å². The number of hydrogen-bond donors (Lipinski definition) is 3. The fourth-order valence-corrected chi connectivity index (χ4v) is 2.43. The van der Waals surface area contributed by atoms with Gasteiger partial charge in [0.2, 0.25) is 0 Å². The molecule has 5 heteroatoms. The van der Waals surface area contributed by atoms with Gasteiger partial charge in [-0.3, -0.25) is 5.41 Å². The lowest BCUT2D eigenvalue weighted by atomic mass is 10.2. The van der Waals surface area contributed by atoms with Crippen molar-refractivity contribution in [3.63, 3.8) is 0 Å². The number of hydrogen-bond acceptors (Lipinski definition) is 4. The van der Waals surface area contributed by atoms with Crippen LogP contribution in [0.5, 0.6) is 11.5 Å². The number of rotatable bonds is 11. The Morgan fingerprint density at radius 2 is 1.15 bits per heavy atom. The summed E-state index contributed by atoms with van der Waals surface area (Å²) in [6, 6.07) is 14.9. The molecule has 0 fully saturated rings. The monoisotopic (exact) mass is 353 g/mol. The van der Waals surface area contributed by atoms with E-state index < -0.39 is 0 Å².